The second-order valence-corrected chi connectivity index (χ2v) is 4.33. The topological polar surface area (TPSA) is 67.8 Å². The van der Waals surface area contributed by atoms with Crippen molar-refractivity contribution in [2.45, 2.75) is 0 Å². The molecule has 2 rings (SSSR count). The van der Waals surface area contributed by atoms with E-state index in [0.717, 1.165) is 0 Å². The lowest BCUT2D eigenvalue weighted by Gasteiger charge is -2.04. The standard InChI is InChI=1S/C10H5Cl3N4O/c11-6-1-5(3-14-9(6)13)10(18)17-8-2-7(12)15-4-16-8/h1-4H,(H,15,16,17,18). The molecule has 0 radical (unpaired) electrons. The molecule has 0 fully saturated rings. The molecule has 0 spiro atoms. The van der Waals surface area contributed by atoms with E-state index in [1.807, 2.05) is 0 Å². The van der Waals surface area contributed by atoms with E-state index in [1.165, 1.54) is 24.7 Å². The van der Waals surface area contributed by atoms with E-state index in [1.54, 1.807) is 0 Å². The summed E-state index contributed by atoms with van der Waals surface area (Å²) in [5, 5.41) is 3.10. The van der Waals surface area contributed by atoms with Gasteiger partial charge in [-0.1, -0.05) is 34.8 Å². The third kappa shape index (κ3) is 3.07. The van der Waals surface area contributed by atoms with Crippen LogP contribution in [0.4, 0.5) is 5.82 Å². The van der Waals surface area contributed by atoms with Crippen LogP contribution in [0.15, 0.2) is 24.7 Å². The molecule has 0 saturated carbocycles. The molecule has 0 saturated heterocycles. The van der Waals surface area contributed by atoms with Crippen molar-refractivity contribution in [1.82, 2.24) is 15.0 Å². The second kappa shape index (κ2) is 5.48. The van der Waals surface area contributed by atoms with Crippen LogP contribution in [0.25, 0.3) is 0 Å². The third-order valence-corrected chi connectivity index (χ3v) is 2.83. The Balaban J connectivity index is 2.19. The third-order valence-electron chi connectivity index (χ3n) is 1.93. The van der Waals surface area contributed by atoms with Crippen molar-refractivity contribution in [2.75, 3.05) is 5.32 Å². The van der Waals surface area contributed by atoms with Gasteiger partial charge in [-0.25, -0.2) is 15.0 Å². The smallest absolute Gasteiger partial charge is 0.258 e. The molecule has 1 N–H and O–H groups in total. The number of hydrogen-bond acceptors (Lipinski definition) is 4. The fourth-order valence-corrected chi connectivity index (χ4v) is 1.55. The largest absolute Gasteiger partial charge is 0.306 e. The van der Waals surface area contributed by atoms with Crippen LogP contribution in [-0.2, 0) is 0 Å². The van der Waals surface area contributed by atoms with Crippen LogP contribution < -0.4 is 5.32 Å². The lowest BCUT2D eigenvalue weighted by molar-refractivity contribution is 0.102. The molecule has 5 nitrogen and oxygen atoms in total. The Morgan fingerprint density at radius 2 is 1.89 bits per heavy atom. The van der Waals surface area contributed by atoms with E-state index >= 15 is 0 Å². The Hall–Kier alpha value is -1.43. The molecule has 92 valence electrons. The Kier molecular flexibility index (Phi) is 3.96. The van der Waals surface area contributed by atoms with Gasteiger partial charge in [0.2, 0.25) is 0 Å². The molecule has 2 aromatic rings. The first-order valence-electron chi connectivity index (χ1n) is 4.66. The minimum absolute atomic E-state index is 0.137. The lowest BCUT2D eigenvalue weighted by atomic mass is 10.2. The van der Waals surface area contributed by atoms with Crippen molar-refractivity contribution in [1.29, 1.82) is 0 Å². The number of halogens is 3. The molecule has 0 bridgehead atoms. The van der Waals surface area contributed by atoms with Crippen LogP contribution >= 0.6 is 34.8 Å². The predicted octanol–water partition coefficient (Wildman–Crippen LogP) is 3.08. The maximum absolute atomic E-state index is 11.8. The van der Waals surface area contributed by atoms with Gasteiger partial charge in [0.15, 0.2) is 0 Å². The van der Waals surface area contributed by atoms with Crippen molar-refractivity contribution < 1.29 is 4.79 Å². The fourth-order valence-electron chi connectivity index (χ4n) is 1.14. The quantitative estimate of drug-likeness (QED) is 0.684. The van der Waals surface area contributed by atoms with Gasteiger partial charge in [-0.2, -0.15) is 0 Å². The zero-order valence-corrected chi connectivity index (χ0v) is 11.0. The summed E-state index contributed by atoms with van der Waals surface area (Å²) in [5.41, 5.74) is 0.263. The molecule has 2 heterocycles. The number of aromatic nitrogens is 3. The van der Waals surface area contributed by atoms with Crippen LogP contribution in [0.5, 0.6) is 0 Å². The van der Waals surface area contributed by atoms with Crippen LogP contribution in [0, 0.1) is 0 Å². The Morgan fingerprint density at radius 1 is 1.11 bits per heavy atom. The van der Waals surface area contributed by atoms with Gasteiger partial charge in [0.1, 0.15) is 22.5 Å². The molecule has 0 unspecified atom stereocenters. The van der Waals surface area contributed by atoms with Crippen LogP contribution in [0.2, 0.25) is 15.3 Å². The number of hydrogen-bond donors (Lipinski definition) is 1. The zero-order chi connectivity index (χ0) is 13.1. The molecule has 8 heteroatoms. The van der Waals surface area contributed by atoms with Crippen molar-refractivity contribution in [2.24, 2.45) is 0 Å². The van der Waals surface area contributed by atoms with Gasteiger partial charge < -0.3 is 5.32 Å². The summed E-state index contributed by atoms with van der Waals surface area (Å²) in [6.07, 6.45) is 2.55. The number of nitrogens with one attached hydrogen (secondary N) is 1. The van der Waals surface area contributed by atoms with Crippen molar-refractivity contribution in [3.05, 3.63) is 45.5 Å². The van der Waals surface area contributed by atoms with Gasteiger partial charge in [0.25, 0.3) is 5.91 Å². The Morgan fingerprint density at radius 3 is 2.56 bits per heavy atom. The molecule has 1 amide bonds. The summed E-state index contributed by atoms with van der Waals surface area (Å²) in [5.74, 6) is -0.137. The maximum Gasteiger partial charge on any atom is 0.258 e. The fraction of sp³-hybridized carbons (Fsp3) is 0. The van der Waals surface area contributed by atoms with Gasteiger partial charge in [-0.15, -0.1) is 0 Å². The van der Waals surface area contributed by atoms with Gasteiger partial charge in [0, 0.05) is 12.3 Å². The minimum atomic E-state index is -0.421. The number of pyridine rings is 1. The molecule has 0 aromatic carbocycles. The van der Waals surface area contributed by atoms with Gasteiger partial charge in [-0.3, -0.25) is 4.79 Å². The highest BCUT2D eigenvalue weighted by atomic mass is 35.5. The van der Waals surface area contributed by atoms with Gasteiger partial charge in [-0.05, 0) is 6.07 Å². The highest BCUT2D eigenvalue weighted by Crippen LogP contribution is 2.20. The number of carbonyl (C=O) groups excluding carboxylic acids is 1. The van der Waals surface area contributed by atoms with E-state index in [9.17, 15) is 4.79 Å². The summed E-state index contributed by atoms with van der Waals surface area (Å²) >= 11 is 17.1. The molecule has 0 aliphatic heterocycles. The minimum Gasteiger partial charge on any atom is -0.306 e. The van der Waals surface area contributed by atoms with Crippen molar-refractivity contribution in [3.8, 4) is 0 Å². The first-order valence-corrected chi connectivity index (χ1v) is 5.79. The van der Waals surface area contributed by atoms with E-state index < -0.39 is 5.91 Å². The Labute approximate surface area is 117 Å². The molecular weight excluding hydrogens is 298 g/mol. The first-order chi connectivity index (χ1) is 8.56. The summed E-state index contributed by atoms with van der Waals surface area (Å²) < 4.78 is 0. The number of nitrogens with zero attached hydrogens (tertiary/aromatic N) is 3. The molecule has 2 aromatic heterocycles. The van der Waals surface area contributed by atoms with E-state index in [0.29, 0.717) is 0 Å². The van der Waals surface area contributed by atoms with Crippen LogP contribution in [-0.4, -0.2) is 20.9 Å². The molecule has 18 heavy (non-hydrogen) atoms. The molecule has 0 aliphatic rings. The summed E-state index contributed by atoms with van der Waals surface area (Å²) in [4.78, 5) is 23.1. The average molecular weight is 304 g/mol. The number of anilines is 1. The summed E-state index contributed by atoms with van der Waals surface area (Å²) in [6.45, 7) is 0. The zero-order valence-electron chi connectivity index (χ0n) is 8.69. The maximum atomic E-state index is 11.8. The first kappa shape index (κ1) is 13.0. The highest BCUT2D eigenvalue weighted by Gasteiger charge is 2.10. The van der Waals surface area contributed by atoms with Crippen LogP contribution in [0.3, 0.4) is 0 Å². The van der Waals surface area contributed by atoms with Crippen molar-refractivity contribution in [3.63, 3.8) is 0 Å². The number of rotatable bonds is 2. The predicted molar refractivity (Wildman–Crippen MR) is 69.3 cm³/mol. The Bertz CT molecular complexity index is 605. The highest BCUT2D eigenvalue weighted by molar-refractivity contribution is 6.41. The summed E-state index contributed by atoms with van der Waals surface area (Å²) in [6, 6.07) is 2.83. The van der Waals surface area contributed by atoms with Crippen LogP contribution in [0.1, 0.15) is 10.4 Å². The van der Waals surface area contributed by atoms with Gasteiger partial charge in [0.05, 0.1) is 10.6 Å². The average Bonchev–Trinajstić information content (AvgIpc) is 2.32. The SMILES string of the molecule is O=C(Nc1cc(Cl)ncn1)c1cnc(Cl)c(Cl)c1. The normalized spacial score (nSPS) is 10.2. The second-order valence-electron chi connectivity index (χ2n) is 3.18. The van der Waals surface area contributed by atoms with Crippen molar-refractivity contribution >= 4 is 46.5 Å². The molecule has 0 aliphatic carbocycles. The molecular formula is C10H5Cl3N4O. The van der Waals surface area contributed by atoms with E-state index in [4.69, 9.17) is 34.8 Å². The van der Waals surface area contributed by atoms with E-state index in [2.05, 4.69) is 20.3 Å². The number of carbonyl (C=O) groups is 1. The number of amides is 1. The van der Waals surface area contributed by atoms with E-state index in [-0.39, 0.29) is 26.7 Å². The summed E-state index contributed by atoms with van der Waals surface area (Å²) in [7, 11) is 0. The molecule has 0 atom stereocenters. The van der Waals surface area contributed by atoms with Gasteiger partial charge >= 0.3 is 0 Å². The monoisotopic (exact) mass is 302 g/mol. The lowest BCUT2D eigenvalue weighted by Crippen LogP contribution is -2.13.